The molecule has 4 rings (SSSR count). The molecule has 0 saturated heterocycles. The van der Waals surface area contributed by atoms with E-state index in [1.165, 1.54) is 36.0 Å². The number of ether oxygens (including phenoxy) is 3. The number of carbonyl (C=O) groups is 2. The van der Waals surface area contributed by atoms with Crippen LogP contribution in [0, 0.1) is 5.92 Å². The molecule has 2 aromatic rings. The van der Waals surface area contributed by atoms with Crippen LogP contribution in [-0.4, -0.2) is 30.2 Å². The first-order valence-electron chi connectivity index (χ1n) is 11.7. The third-order valence-corrected chi connectivity index (χ3v) is 7.03. The Morgan fingerprint density at radius 1 is 1.28 bits per heavy atom. The zero-order valence-corrected chi connectivity index (χ0v) is 21.3. The number of methoxy groups -OCH3 is 1. The smallest absolute Gasteiger partial charge is 0.338 e. The van der Waals surface area contributed by atoms with Gasteiger partial charge in [-0.3, -0.25) is 14.2 Å². The van der Waals surface area contributed by atoms with Crippen molar-refractivity contribution in [3.8, 4) is 11.5 Å². The lowest BCUT2D eigenvalue weighted by atomic mass is 9.94. The summed E-state index contributed by atoms with van der Waals surface area (Å²) < 4.78 is 18.2. The minimum atomic E-state index is -0.799. The van der Waals surface area contributed by atoms with Crippen molar-refractivity contribution in [3.05, 3.63) is 79.5 Å². The van der Waals surface area contributed by atoms with Crippen LogP contribution in [0.1, 0.15) is 44.7 Å². The quantitative estimate of drug-likeness (QED) is 0.324. The van der Waals surface area contributed by atoms with Crippen molar-refractivity contribution in [1.29, 1.82) is 0 Å². The van der Waals surface area contributed by atoms with E-state index >= 15 is 0 Å². The van der Waals surface area contributed by atoms with Gasteiger partial charge in [-0.25, -0.2) is 9.79 Å². The summed E-state index contributed by atoms with van der Waals surface area (Å²) in [6.07, 6.45) is 10.6. The molecule has 0 bridgehead atoms. The molecule has 0 N–H and O–H groups in total. The molecular weight excluding hydrogens is 480 g/mol. The van der Waals surface area contributed by atoms with Crippen molar-refractivity contribution in [2.75, 3.05) is 13.7 Å². The Bertz CT molecular complexity index is 1450. The number of hydrogen-bond acceptors (Lipinski definition) is 8. The molecule has 1 aliphatic carbocycles. The van der Waals surface area contributed by atoms with E-state index in [4.69, 9.17) is 14.2 Å². The molecule has 0 spiro atoms. The summed E-state index contributed by atoms with van der Waals surface area (Å²) in [4.78, 5) is 43.5. The number of thiazole rings is 1. The van der Waals surface area contributed by atoms with Gasteiger partial charge in [0.1, 0.15) is 6.61 Å². The van der Waals surface area contributed by atoms with Crippen LogP contribution in [0.15, 0.2) is 64.1 Å². The maximum Gasteiger partial charge on any atom is 0.338 e. The zero-order valence-electron chi connectivity index (χ0n) is 20.5. The largest absolute Gasteiger partial charge is 0.493 e. The first-order valence-corrected chi connectivity index (χ1v) is 12.5. The summed E-state index contributed by atoms with van der Waals surface area (Å²) in [6.45, 7) is 6.65. The fraction of sp³-hybridized carbons (Fsp3) is 0.333. The fourth-order valence-electron chi connectivity index (χ4n) is 4.40. The molecule has 8 nitrogen and oxygen atoms in total. The predicted molar refractivity (Wildman–Crippen MR) is 137 cm³/mol. The van der Waals surface area contributed by atoms with Crippen LogP contribution in [0.2, 0.25) is 0 Å². The Balaban J connectivity index is 1.90. The fourth-order valence-corrected chi connectivity index (χ4v) is 5.51. The van der Waals surface area contributed by atoms with Gasteiger partial charge >= 0.3 is 11.9 Å². The van der Waals surface area contributed by atoms with Crippen LogP contribution in [0.25, 0.3) is 6.08 Å². The van der Waals surface area contributed by atoms with E-state index in [0.717, 1.165) is 19.3 Å². The lowest BCUT2D eigenvalue weighted by Crippen LogP contribution is -2.40. The van der Waals surface area contributed by atoms with Crippen LogP contribution >= 0.6 is 11.3 Å². The Kier molecular flexibility index (Phi) is 7.69. The SMILES string of the molecule is C=CCOC(=O)C1=C(C)N=c2s/c(=C\C3CC=CCC3)c(=O)n2C1c1ccc(OC(C)=O)c(OC)c1. The highest BCUT2D eigenvalue weighted by molar-refractivity contribution is 7.07. The minimum absolute atomic E-state index is 0.0245. The number of hydrogen-bond donors (Lipinski definition) is 0. The Morgan fingerprint density at radius 3 is 2.75 bits per heavy atom. The maximum atomic E-state index is 13.7. The van der Waals surface area contributed by atoms with E-state index in [9.17, 15) is 14.4 Å². The molecule has 9 heteroatoms. The first kappa shape index (κ1) is 25.4. The molecule has 188 valence electrons. The monoisotopic (exact) mass is 508 g/mol. The topological polar surface area (TPSA) is 96.2 Å². The van der Waals surface area contributed by atoms with Crippen LogP contribution < -0.4 is 24.4 Å². The van der Waals surface area contributed by atoms with Crippen molar-refractivity contribution in [1.82, 2.24) is 4.57 Å². The Hall–Kier alpha value is -3.72. The summed E-state index contributed by atoms with van der Waals surface area (Å²) >= 11 is 1.31. The molecule has 0 saturated carbocycles. The van der Waals surface area contributed by atoms with E-state index in [2.05, 4.69) is 23.7 Å². The number of fused-ring (bicyclic) bond motifs is 1. The van der Waals surface area contributed by atoms with Crippen molar-refractivity contribution >= 4 is 29.4 Å². The van der Waals surface area contributed by atoms with Gasteiger partial charge in [0.2, 0.25) is 0 Å². The standard InChI is InChI=1S/C27H28N2O6S/c1-5-13-34-26(32)23-16(2)28-27-29(25(31)22(36-27)14-18-9-7-6-8-10-18)24(23)19-11-12-20(35-17(3)30)21(15-19)33-4/h5-7,11-12,14-15,18,24H,1,8-10,13H2,2-4H3/b22-14-. The van der Waals surface area contributed by atoms with E-state index in [-0.39, 0.29) is 29.4 Å². The van der Waals surface area contributed by atoms with Gasteiger partial charge in [0.05, 0.1) is 29.0 Å². The third-order valence-electron chi connectivity index (χ3n) is 6.03. The summed E-state index contributed by atoms with van der Waals surface area (Å²) in [5.41, 5.74) is 1.09. The summed E-state index contributed by atoms with van der Waals surface area (Å²) in [5.74, 6) is -0.266. The molecule has 2 heterocycles. The van der Waals surface area contributed by atoms with E-state index < -0.39 is 18.0 Å². The highest BCUT2D eigenvalue weighted by atomic mass is 32.1. The minimum Gasteiger partial charge on any atom is -0.493 e. The lowest BCUT2D eigenvalue weighted by Gasteiger charge is -2.25. The van der Waals surface area contributed by atoms with Gasteiger partial charge < -0.3 is 14.2 Å². The Morgan fingerprint density at radius 2 is 2.08 bits per heavy atom. The second kappa shape index (κ2) is 10.9. The second-order valence-corrected chi connectivity index (χ2v) is 9.55. The van der Waals surface area contributed by atoms with E-state index in [1.807, 2.05) is 6.08 Å². The molecule has 2 unspecified atom stereocenters. The van der Waals surface area contributed by atoms with Gasteiger partial charge in [-0.1, -0.05) is 48.3 Å². The molecule has 36 heavy (non-hydrogen) atoms. The second-order valence-electron chi connectivity index (χ2n) is 8.54. The van der Waals surface area contributed by atoms with E-state index in [1.54, 1.807) is 25.1 Å². The number of benzene rings is 1. The molecule has 0 radical (unpaired) electrons. The molecule has 1 aromatic heterocycles. The molecule has 0 fully saturated rings. The highest BCUT2D eigenvalue weighted by Gasteiger charge is 2.34. The van der Waals surface area contributed by atoms with Crippen LogP contribution in [0.3, 0.4) is 0 Å². The van der Waals surface area contributed by atoms with E-state index in [0.29, 0.717) is 26.3 Å². The van der Waals surface area contributed by atoms with Gasteiger partial charge in [-0.15, -0.1) is 0 Å². The molecule has 2 aliphatic rings. The Labute approximate surface area is 212 Å². The zero-order chi connectivity index (χ0) is 25.8. The van der Waals surface area contributed by atoms with Gasteiger partial charge in [0.15, 0.2) is 16.3 Å². The number of allylic oxidation sites excluding steroid dienone is 3. The number of carbonyl (C=O) groups excluding carboxylic acids is 2. The molecular formula is C27H28N2O6S. The van der Waals surface area contributed by atoms with Crippen LogP contribution in [0.4, 0.5) is 0 Å². The van der Waals surface area contributed by atoms with Gasteiger partial charge in [0, 0.05) is 6.92 Å². The molecule has 2 atom stereocenters. The van der Waals surface area contributed by atoms with Crippen molar-refractivity contribution in [2.45, 2.75) is 39.2 Å². The highest BCUT2D eigenvalue weighted by Crippen LogP contribution is 2.36. The number of aromatic nitrogens is 1. The molecule has 0 amide bonds. The summed E-state index contributed by atoms with van der Waals surface area (Å²) in [5, 5.41) is 0. The van der Waals surface area contributed by atoms with Gasteiger partial charge in [-0.05, 0) is 49.8 Å². The lowest BCUT2D eigenvalue weighted by molar-refractivity contribution is -0.138. The first-order chi connectivity index (χ1) is 17.3. The van der Waals surface area contributed by atoms with Crippen molar-refractivity contribution in [3.63, 3.8) is 0 Å². The summed E-state index contributed by atoms with van der Waals surface area (Å²) in [7, 11) is 1.45. The van der Waals surface area contributed by atoms with Crippen LogP contribution in [-0.2, 0) is 14.3 Å². The summed E-state index contributed by atoms with van der Waals surface area (Å²) in [6, 6.07) is 4.15. The maximum absolute atomic E-state index is 13.7. The van der Waals surface area contributed by atoms with Crippen LogP contribution in [0.5, 0.6) is 11.5 Å². The predicted octanol–water partition coefficient (Wildman–Crippen LogP) is 3.21. The van der Waals surface area contributed by atoms with Crippen molar-refractivity contribution in [2.24, 2.45) is 10.9 Å². The normalized spacial score (nSPS) is 19.4. The number of esters is 2. The van der Waals surface area contributed by atoms with Crippen molar-refractivity contribution < 1.29 is 23.8 Å². The third kappa shape index (κ3) is 5.11. The molecule has 1 aliphatic heterocycles. The van der Waals surface area contributed by atoms with Gasteiger partial charge in [0.25, 0.3) is 5.56 Å². The average molecular weight is 509 g/mol. The number of rotatable bonds is 7. The van der Waals surface area contributed by atoms with Gasteiger partial charge in [-0.2, -0.15) is 0 Å². The number of nitrogens with zero attached hydrogens (tertiary/aromatic N) is 2. The molecule has 1 aromatic carbocycles. The average Bonchev–Trinajstić information content (AvgIpc) is 3.16.